The second-order valence-corrected chi connectivity index (χ2v) is 8.29. The van der Waals surface area contributed by atoms with E-state index in [9.17, 15) is 4.79 Å². The molecule has 5 nitrogen and oxygen atoms in total. The number of rotatable bonds is 5. The molecule has 0 amide bonds. The van der Waals surface area contributed by atoms with Crippen LogP contribution in [0.25, 0.3) is 0 Å². The average molecular weight is 408 g/mol. The van der Waals surface area contributed by atoms with Crippen LogP contribution in [0.3, 0.4) is 0 Å². The van der Waals surface area contributed by atoms with Crippen molar-refractivity contribution in [1.29, 1.82) is 0 Å². The summed E-state index contributed by atoms with van der Waals surface area (Å²) in [5.41, 5.74) is 2.93. The van der Waals surface area contributed by atoms with E-state index in [0.717, 1.165) is 48.6 Å². The molecule has 2 aromatic carbocycles. The molecule has 1 aliphatic carbocycles. The van der Waals surface area contributed by atoms with E-state index in [4.69, 9.17) is 14.2 Å². The van der Waals surface area contributed by atoms with Gasteiger partial charge in [-0.05, 0) is 69.3 Å². The van der Waals surface area contributed by atoms with Gasteiger partial charge in [-0.25, -0.2) is 4.79 Å². The molecule has 0 radical (unpaired) electrons. The van der Waals surface area contributed by atoms with E-state index in [1.807, 2.05) is 37.3 Å². The van der Waals surface area contributed by atoms with E-state index >= 15 is 0 Å². The van der Waals surface area contributed by atoms with Crippen LogP contribution < -0.4 is 9.47 Å². The highest BCUT2D eigenvalue weighted by Crippen LogP contribution is 2.49. The van der Waals surface area contributed by atoms with Crippen molar-refractivity contribution in [3.63, 3.8) is 0 Å². The van der Waals surface area contributed by atoms with Crippen LogP contribution in [0.2, 0.25) is 0 Å². The zero-order valence-corrected chi connectivity index (χ0v) is 18.1. The molecular weight excluding hydrogens is 378 g/mol. The number of carbonyl (C=O) groups excluding carboxylic acids is 1. The molecule has 1 aliphatic heterocycles. The Hall–Kier alpha value is -2.79. The molecule has 1 fully saturated rings. The standard InChI is InChI=1S/C25H29NO4/c1-17-5-7-18(8-6-17)24(27)30-20-11-12-25(13-14-26(2)23(25)16-20)19-9-10-21(28-3)22(15-19)29-4/h5-10,15-16,23H,11-14H2,1-4H3/t23-,25-/m0/s1. The van der Waals surface area contributed by atoms with Crippen molar-refractivity contribution in [2.45, 2.75) is 37.6 Å². The van der Waals surface area contributed by atoms with Crippen molar-refractivity contribution in [3.05, 3.63) is 71.0 Å². The first-order valence-corrected chi connectivity index (χ1v) is 10.4. The third-order valence-electron chi connectivity index (χ3n) is 6.58. The predicted molar refractivity (Wildman–Crippen MR) is 116 cm³/mol. The number of benzene rings is 2. The number of hydrogen-bond acceptors (Lipinski definition) is 5. The highest BCUT2D eigenvalue weighted by atomic mass is 16.5. The van der Waals surface area contributed by atoms with Crippen molar-refractivity contribution in [3.8, 4) is 11.5 Å². The molecule has 0 bridgehead atoms. The second-order valence-electron chi connectivity index (χ2n) is 8.29. The molecule has 0 saturated carbocycles. The van der Waals surface area contributed by atoms with Crippen molar-refractivity contribution in [1.82, 2.24) is 4.90 Å². The van der Waals surface area contributed by atoms with Crippen LogP contribution in [0.4, 0.5) is 0 Å². The summed E-state index contributed by atoms with van der Waals surface area (Å²) >= 11 is 0. The average Bonchev–Trinajstić information content (AvgIpc) is 3.11. The normalized spacial score (nSPS) is 23.5. The van der Waals surface area contributed by atoms with Gasteiger partial charge in [-0.2, -0.15) is 0 Å². The fourth-order valence-electron chi connectivity index (χ4n) is 4.81. The Bertz CT molecular complexity index is 966. The van der Waals surface area contributed by atoms with Gasteiger partial charge >= 0.3 is 5.97 Å². The minimum absolute atomic E-state index is 0.0198. The van der Waals surface area contributed by atoms with Crippen molar-refractivity contribution < 1.29 is 19.0 Å². The van der Waals surface area contributed by atoms with Gasteiger partial charge in [-0.15, -0.1) is 0 Å². The Balaban J connectivity index is 1.61. The quantitative estimate of drug-likeness (QED) is 0.684. The second kappa shape index (κ2) is 8.15. The molecule has 158 valence electrons. The van der Waals surface area contributed by atoms with E-state index in [1.165, 1.54) is 5.56 Å². The van der Waals surface area contributed by atoms with Crippen LogP contribution in [-0.4, -0.2) is 44.7 Å². The lowest BCUT2D eigenvalue weighted by Gasteiger charge is -2.40. The van der Waals surface area contributed by atoms with E-state index < -0.39 is 0 Å². The maximum Gasteiger partial charge on any atom is 0.343 e. The first-order valence-electron chi connectivity index (χ1n) is 10.4. The number of methoxy groups -OCH3 is 2. The molecule has 4 rings (SSSR count). The molecule has 0 aromatic heterocycles. The van der Waals surface area contributed by atoms with E-state index in [2.05, 4.69) is 30.2 Å². The first kappa shape index (κ1) is 20.5. The van der Waals surface area contributed by atoms with Gasteiger partial charge in [0.05, 0.1) is 19.8 Å². The summed E-state index contributed by atoms with van der Waals surface area (Å²) in [5.74, 6) is 1.95. The number of aryl methyl sites for hydroxylation is 1. The van der Waals surface area contributed by atoms with Gasteiger partial charge in [-0.3, -0.25) is 4.90 Å². The Labute approximate surface area is 178 Å². The molecule has 30 heavy (non-hydrogen) atoms. The molecule has 1 heterocycles. The highest BCUT2D eigenvalue weighted by Gasteiger charge is 2.48. The summed E-state index contributed by atoms with van der Waals surface area (Å²) in [5, 5.41) is 0. The molecule has 1 saturated heterocycles. The molecule has 0 spiro atoms. The van der Waals surface area contributed by atoms with Gasteiger partial charge in [0.2, 0.25) is 0 Å². The maximum atomic E-state index is 12.6. The monoisotopic (exact) mass is 407 g/mol. The van der Waals surface area contributed by atoms with Crippen LogP contribution in [0, 0.1) is 6.92 Å². The zero-order valence-electron chi connectivity index (χ0n) is 18.1. The molecule has 0 N–H and O–H groups in total. The number of allylic oxidation sites excluding steroid dienone is 1. The molecule has 2 aromatic rings. The topological polar surface area (TPSA) is 48.0 Å². The fourth-order valence-corrected chi connectivity index (χ4v) is 4.81. The predicted octanol–water partition coefficient (Wildman–Crippen LogP) is 4.49. The highest BCUT2D eigenvalue weighted by molar-refractivity contribution is 5.90. The SMILES string of the molecule is COc1ccc([C@@]23CCC(OC(=O)c4ccc(C)cc4)=C[C@@H]2N(C)CC3)cc1OC. The number of likely N-dealkylation sites (N-methyl/N-ethyl adjacent to an activating group) is 1. The number of nitrogens with zero attached hydrogens (tertiary/aromatic N) is 1. The third kappa shape index (κ3) is 3.58. The van der Waals surface area contributed by atoms with Crippen molar-refractivity contribution in [2.75, 3.05) is 27.8 Å². The molecule has 2 atom stereocenters. The van der Waals surface area contributed by atoms with Gasteiger partial charge in [0.25, 0.3) is 0 Å². The smallest absolute Gasteiger partial charge is 0.343 e. The number of ether oxygens (including phenoxy) is 3. The largest absolute Gasteiger partial charge is 0.493 e. The Morgan fingerprint density at radius 3 is 2.47 bits per heavy atom. The summed E-state index contributed by atoms with van der Waals surface area (Å²) in [6.07, 6.45) is 4.85. The van der Waals surface area contributed by atoms with Gasteiger partial charge in [0, 0.05) is 17.9 Å². The lowest BCUT2D eigenvalue weighted by molar-refractivity contribution is 0.0593. The van der Waals surface area contributed by atoms with Crippen LogP contribution >= 0.6 is 0 Å². The lowest BCUT2D eigenvalue weighted by atomic mass is 9.68. The molecular formula is C25H29NO4. The molecule has 5 heteroatoms. The minimum Gasteiger partial charge on any atom is -0.493 e. The number of carbonyl (C=O) groups is 1. The Morgan fingerprint density at radius 2 is 1.77 bits per heavy atom. The summed E-state index contributed by atoms with van der Waals surface area (Å²) in [6.45, 7) is 3.00. The maximum absolute atomic E-state index is 12.6. The van der Waals surface area contributed by atoms with Crippen LogP contribution in [0.5, 0.6) is 11.5 Å². The Morgan fingerprint density at radius 1 is 1.03 bits per heavy atom. The summed E-state index contributed by atoms with van der Waals surface area (Å²) < 4.78 is 16.7. The minimum atomic E-state index is -0.291. The molecule has 0 unspecified atom stereocenters. The van der Waals surface area contributed by atoms with Crippen molar-refractivity contribution in [2.24, 2.45) is 0 Å². The van der Waals surface area contributed by atoms with Gasteiger partial charge in [-0.1, -0.05) is 23.8 Å². The van der Waals surface area contributed by atoms with Gasteiger partial charge in [0.15, 0.2) is 11.5 Å². The number of likely N-dealkylation sites (tertiary alicyclic amines) is 1. The van der Waals surface area contributed by atoms with Crippen molar-refractivity contribution >= 4 is 5.97 Å². The lowest BCUT2D eigenvalue weighted by Crippen LogP contribution is -2.42. The summed E-state index contributed by atoms with van der Waals surface area (Å²) in [7, 11) is 5.45. The summed E-state index contributed by atoms with van der Waals surface area (Å²) in [4.78, 5) is 14.9. The summed E-state index contributed by atoms with van der Waals surface area (Å²) in [6, 6.07) is 13.9. The van der Waals surface area contributed by atoms with E-state index in [1.54, 1.807) is 14.2 Å². The van der Waals surface area contributed by atoms with Crippen LogP contribution in [0.1, 0.15) is 40.7 Å². The van der Waals surface area contributed by atoms with Gasteiger partial charge in [0.1, 0.15) is 5.76 Å². The zero-order chi connectivity index (χ0) is 21.3. The number of esters is 1. The van der Waals surface area contributed by atoms with Crippen LogP contribution in [0.15, 0.2) is 54.3 Å². The first-order chi connectivity index (χ1) is 14.5. The van der Waals surface area contributed by atoms with Crippen LogP contribution in [-0.2, 0) is 10.2 Å². The van der Waals surface area contributed by atoms with Gasteiger partial charge < -0.3 is 14.2 Å². The number of hydrogen-bond donors (Lipinski definition) is 0. The fraction of sp³-hybridized carbons (Fsp3) is 0.400. The number of fused-ring (bicyclic) bond motifs is 1. The van der Waals surface area contributed by atoms with E-state index in [-0.39, 0.29) is 17.4 Å². The Kier molecular flexibility index (Phi) is 5.56. The molecule has 2 aliphatic rings. The van der Waals surface area contributed by atoms with E-state index in [0.29, 0.717) is 5.56 Å². The third-order valence-corrected chi connectivity index (χ3v) is 6.58.